The van der Waals surface area contributed by atoms with Gasteiger partial charge in [0, 0.05) is 12.6 Å². The van der Waals surface area contributed by atoms with Gasteiger partial charge in [-0.15, -0.1) is 0 Å². The molecule has 0 heterocycles. The Hall–Kier alpha value is -1.83. The monoisotopic (exact) mass is 279 g/mol. The molecule has 0 radical (unpaired) electrons. The molecule has 8 heteroatoms. The second-order valence-electron chi connectivity index (χ2n) is 3.85. The lowest BCUT2D eigenvalue weighted by atomic mass is 10.0. The number of halogens is 4. The maximum absolute atomic E-state index is 13.3. The Morgan fingerprint density at radius 1 is 1.42 bits per heavy atom. The summed E-state index contributed by atoms with van der Waals surface area (Å²) >= 11 is 0. The van der Waals surface area contributed by atoms with Crippen molar-refractivity contribution in [2.24, 2.45) is 5.73 Å². The number of carbonyl (C=O) groups excluding carboxylic acids is 1. The van der Waals surface area contributed by atoms with Crippen LogP contribution < -0.4 is 16.2 Å². The van der Waals surface area contributed by atoms with Crippen molar-refractivity contribution < 1.29 is 27.5 Å². The number of benzene rings is 1. The minimum Gasteiger partial charge on any atom is -0.530 e. The van der Waals surface area contributed by atoms with Crippen LogP contribution in [0.3, 0.4) is 0 Å². The van der Waals surface area contributed by atoms with Gasteiger partial charge in [-0.2, -0.15) is 13.2 Å². The number of hydrogen-bond donors (Lipinski definition) is 2. The number of amides is 1. The summed E-state index contributed by atoms with van der Waals surface area (Å²) in [4.78, 5) is 10.1. The van der Waals surface area contributed by atoms with E-state index in [2.05, 4.69) is 0 Å². The lowest BCUT2D eigenvalue weighted by molar-refractivity contribution is -0.250. The Bertz CT molecular complexity index is 462. The highest BCUT2D eigenvalue weighted by Gasteiger charge is 2.34. The molecule has 0 aliphatic heterocycles. The number of alkyl halides is 3. The van der Waals surface area contributed by atoms with Crippen molar-refractivity contribution in [1.82, 2.24) is 5.32 Å². The highest BCUT2D eigenvalue weighted by molar-refractivity contribution is 5.61. The summed E-state index contributed by atoms with van der Waals surface area (Å²) in [6.07, 6.45) is -6.13. The van der Waals surface area contributed by atoms with Crippen LogP contribution in [-0.4, -0.2) is 12.6 Å². The summed E-state index contributed by atoms with van der Waals surface area (Å²) in [5.74, 6) is -1.41. The highest BCUT2D eigenvalue weighted by Crippen LogP contribution is 2.32. The van der Waals surface area contributed by atoms with Gasteiger partial charge in [0.2, 0.25) is 0 Å². The van der Waals surface area contributed by atoms with E-state index >= 15 is 0 Å². The molecule has 1 rings (SSSR count). The smallest absolute Gasteiger partial charge is 0.419 e. The van der Waals surface area contributed by atoms with Crippen LogP contribution in [-0.2, 0) is 6.18 Å². The molecule has 0 saturated heterocycles. The maximum Gasteiger partial charge on any atom is 0.419 e. The number of carboxylic acid groups (broad SMARTS) is 1. The van der Waals surface area contributed by atoms with Crippen molar-refractivity contribution >= 4 is 6.09 Å². The summed E-state index contributed by atoms with van der Waals surface area (Å²) in [5, 5.41) is 12.0. The molecule has 0 bridgehead atoms. The van der Waals surface area contributed by atoms with Crippen LogP contribution in [0.5, 0.6) is 0 Å². The van der Waals surface area contributed by atoms with Crippen LogP contribution in [0.1, 0.15) is 23.6 Å². The number of hydrogen-bond acceptors (Lipinski definition) is 3. The number of rotatable bonds is 4. The summed E-state index contributed by atoms with van der Waals surface area (Å²) in [7, 11) is 0. The standard InChI is InChI=1S/C11H12F4N2O2/c12-8-5-6(1-2-7(8)11(13,14)15)9(16)3-4-17-10(18)19/h1-2,5,9,17H,3-4,16H2,(H,18,19)/p-1. The molecule has 0 spiro atoms. The first kappa shape index (κ1) is 15.2. The predicted molar refractivity (Wildman–Crippen MR) is 56.3 cm³/mol. The Kier molecular flexibility index (Phi) is 4.71. The van der Waals surface area contributed by atoms with Crippen molar-refractivity contribution in [2.75, 3.05) is 6.54 Å². The molecular formula is C11H11F4N2O2-. The average molecular weight is 279 g/mol. The molecule has 0 aromatic heterocycles. The minimum atomic E-state index is -4.76. The third-order valence-electron chi connectivity index (χ3n) is 2.45. The summed E-state index contributed by atoms with van der Waals surface area (Å²) in [5.41, 5.74) is 4.40. The predicted octanol–water partition coefficient (Wildman–Crippen LogP) is 1.17. The van der Waals surface area contributed by atoms with Crippen molar-refractivity contribution in [3.05, 3.63) is 35.1 Å². The van der Waals surface area contributed by atoms with E-state index in [1.807, 2.05) is 5.32 Å². The lowest BCUT2D eigenvalue weighted by Gasteiger charge is -2.15. The molecule has 1 amide bonds. The summed E-state index contributed by atoms with van der Waals surface area (Å²) in [6.45, 7) is -0.0356. The zero-order valence-electron chi connectivity index (χ0n) is 9.63. The molecule has 0 fully saturated rings. The van der Waals surface area contributed by atoms with Gasteiger partial charge in [-0.25, -0.2) is 4.39 Å². The van der Waals surface area contributed by atoms with E-state index in [9.17, 15) is 27.5 Å². The Morgan fingerprint density at radius 3 is 2.53 bits per heavy atom. The highest BCUT2D eigenvalue weighted by atomic mass is 19.4. The first-order valence-electron chi connectivity index (χ1n) is 5.29. The molecule has 1 atom stereocenters. The summed E-state index contributed by atoms with van der Waals surface area (Å²) < 4.78 is 50.2. The minimum absolute atomic E-state index is 0.0356. The van der Waals surface area contributed by atoms with Crippen LogP contribution in [0.4, 0.5) is 22.4 Å². The van der Waals surface area contributed by atoms with Gasteiger partial charge in [0.15, 0.2) is 0 Å². The van der Waals surface area contributed by atoms with Gasteiger partial charge in [0.25, 0.3) is 0 Å². The van der Waals surface area contributed by atoms with Crippen LogP contribution in [0.25, 0.3) is 0 Å². The first-order valence-corrected chi connectivity index (χ1v) is 5.29. The number of nitrogens with one attached hydrogen (secondary N) is 1. The van der Waals surface area contributed by atoms with E-state index in [4.69, 9.17) is 5.73 Å². The fourth-order valence-corrected chi connectivity index (χ4v) is 1.49. The fraction of sp³-hybridized carbons (Fsp3) is 0.364. The number of carbonyl (C=O) groups is 1. The van der Waals surface area contributed by atoms with E-state index in [1.54, 1.807) is 0 Å². The van der Waals surface area contributed by atoms with Crippen LogP contribution in [0.2, 0.25) is 0 Å². The second-order valence-corrected chi connectivity index (χ2v) is 3.85. The molecule has 0 saturated carbocycles. The molecule has 106 valence electrons. The quantitative estimate of drug-likeness (QED) is 0.812. The molecular weight excluding hydrogens is 268 g/mol. The van der Waals surface area contributed by atoms with Crippen molar-refractivity contribution in [3.8, 4) is 0 Å². The van der Waals surface area contributed by atoms with Gasteiger partial charge in [-0.3, -0.25) is 0 Å². The third kappa shape index (κ3) is 4.40. The van der Waals surface area contributed by atoms with E-state index in [0.29, 0.717) is 12.1 Å². The molecule has 0 aliphatic carbocycles. The van der Waals surface area contributed by atoms with Gasteiger partial charge in [-0.1, -0.05) is 6.07 Å². The zero-order chi connectivity index (χ0) is 14.6. The van der Waals surface area contributed by atoms with Gasteiger partial charge in [0.1, 0.15) is 11.9 Å². The SMILES string of the molecule is NC(CCNC(=O)[O-])c1ccc(C(F)(F)F)c(F)c1. The largest absolute Gasteiger partial charge is 0.530 e. The first-order chi connectivity index (χ1) is 8.71. The van der Waals surface area contributed by atoms with E-state index in [0.717, 1.165) is 6.07 Å². The van der Waals surface area contributed by atoms with Crippen LogP contribution in [0, 0.1) is 5.82 Å². The molecule has 1 aromatic carbocycles. The molecule has 1 unspecified atom stereocenters. The van der Waals surface area contributed by atoms with Gasteiger partial charge in [-0.05, 0) is 24.1 Å². The molecule has 4 nitrogen and oxygen atoms in total. The second kappa shape index (κ2) is 5.87. The Morgan fingerprint density at radius 2 is 2.05 bits per heavy atom. The average Bonchev–Trinajstić information content (AvgIpc) is 2.26. The van der Waals surface area contributed by atoms with E-state index < -0.39 is 29.7 Å². The van der Waals surface area contributed by atoms with Crippen molar-refractivity contribution in [3.63, 3.8) is 0 Å². The Labute approximate surface area is 106 Å². The fourth-order valence-electron chi connectivity index (χ4n) is 1.49. The topological polar surface area (TPSA) is 78.2 Å². The lowest BCUT2D eigenvalue weighted by Crippen LogP contribution is -2.37. The number of nitrogens with two attached hydrogens (primary N) is 1. The Balaban J connectivity index is 2.75. The van der Waals surface area contributed by atoms with E-state index in [1.165, 1.54) is 0 Å². The van der Waals surface area contributed by atoms with Crippen molar-refractivity contribution in [1.29, 1.82) is 0 Å². The molecule has 1 aromatic rings. The molecule has 3 N–H and O–H groups in total. The van der Waals surface area contributed by atoms with Gasteiger partial charge < -0.3 is 21.0 Å². The van der Waals surface area contributed by atoms with Crippen LogP contribution in [0.15, 0.2) is 18.2 Å². The normalized spacial score (nSPS) is 13.1. The van der Waals surface area contributed by atoms with Crippen molar-refractivity contribution in [2.45, 2.75) is 18.6 Å². The zero-order valence-corrected chi connectivity index (χ0v) is 9.63. The molecule has 0 aliphatic rings. The van der Waals surface area contributed by atoms with Crippen LogP contribution >= 0.6 is 0 Å². The van der Waals surface area contributed by atoms with Gasteiger partial charge >= 0.3 is 6.18 Å². The molecule has 19 heavy (non-hydrogen) atoms. The van der Waals surface area contributed by atoms with E-state index in [-0.39, 0.29) is 18.5 Å². The third-order valence-corrected chi connectivity index (χ3v) is 2.45. The maximum atomic E-state index is 13.3. The van der Waals surface area contributed by atoms with Gasteiger partial charge in [0.05, 0.1) is 5.56 Å². The summed E-state index contributed by atoms with van der Waals surface area (Å²) in [6, 6.07) is 1.60.